The maximum atomic E-state index is 13.9. The Balaban J connectivity index is 1.47. The second-order valence-corrected chi connectivity index (χ2v) is 9.11. The van der Waals surface area contributed by atoms with Crippen molar-refractivity contribution >= 4 is 11.8 Å². The largest absolute Gasteiger partial charge is 0.497 e. The van der Waals surface area contributed by atoms with Crippen molar-refractivity contribution in [2.45, 2.75) is 56.9 Å². The molecule has 3 atom stereocenters. The van der Waals surface area contributed by atoms with E-state index in [1.165, 1.54) is 12.8 Å². The van der Waals surface area contributed by atoms with Crippen molar-refractivity contribution in [1.29, 1.82) is 0 Å². The zero-order valence-electron chi connectivity index (χ0n) is 18.7. The van der Waals surface area contributed by atoms with Crippen LogP contribution in [0.5, 0.6) is 5.75 Å². The van der Waals surface area contributed by atoms with Crippen molar-refractivity contribution in [3.63, 3.8) is 0 Å². The fourth-order valence-electron chi connectivity index (χ4n) is 5.58. The first-order chi connectivity index (χ1) is 15.7. The molecule has 4 fully saturated rings. The van der Waals surface area contributed by atoms with Crippen LogP contribution >= 0.6 is 0 Å². The van der Waals surface area contributed by atoms with E-state index < -0.39 is 6.04 Å². The number of piperazine rings is 1. The third-order valence-electron chi connectivity index (χ3n) is 7.23. The number of hydrogen-bond donors (Lipinski definition) is 0. The summed E-state index contributed by atoms with van der Waals surface area (Å²) < 4.78 is 5.27. The van der Waals surface area contributed by atoms with Gasteiger partial charge in [0.15, 0.2) is 0 Å². The molecule has 4 aliphatic rings. The Kier molecular flexibility index (Phi) is 5.87. The van der Waals surface area contributed by atoms with E-state index in [2.05, 4.69) is 4.90 Å². The van der Waals surface area contributed by atoms with Crippen LogP contribution in [0.4, 0.5) is 0 Å². The van der Waals surface area contributed by atoms with E-state index in [-0.39, 0.29) is 23.9 Å². The first-order valence-corrected chi connectivity index (χ1v) is 11.7. The van der Waals surface area contributed by atoms with Crippen molar-refractivity contribution < 1.29 is 14.3 Å². The molecule has 0 spiro atoms. The second kappa shape index (κ2) is 8.94. The van der Waals surface area contributed by atoms with E-state index >= 15 is 0 Å². The fraction of sp³-hybridized carbons (Fsp3) is 0.462. The SMILES string of the molecule is COc1ccc(CN2C(=O)[C@@H]3CC[C@@H](N4CCCC4)[C@H]2C(=O)N3Cc2ccccc2)cc1. The van der Waals surface area contributed by atoms with Crippen LogP contribution in [0.15, 0.2) is 54.6 Å². The van der Waals surface area contributed by atoms with E-state index in [9.17, 15) is 9.59 Å². The second-order valence-electron chi connectivity index (χ2n) is 9.11. The monoisotopic (exact) mass is 433 g/mol. The number of amides is 2. The highest BCUT2D eigenvalue weighted by molar-refractivity contribution is 5.98. The number of ether oxygens (including phenoxy) is 1. The van der Waals surface area contributed by atoms with Gasteiger partial charge in [-0.25, -0.2) is 0 Å². The lowest BCUT2D eigenvalue weighted by molar-refractivity contribution is -0.163. The van der Waals surface area contributed by atoms with Gasteiger partial charge >= 0.3 is 0 Å². The molecular formula is C26H31N3O3. The number of methoxy groups -OCH3 is 1. The molecule has 0 radical (unpaired) electrons. The van der Waals surface area contributed by atoms with Crippen molar-refractivity contribution in [1.82, 2.24) is 14.7 Å². The van der Waals surface area contributed by atoms with E-state index in [1.807, 2.05) is 64.4 Å². The molecule has 2 aromatic rings. The molecule has 4 aliphatic heterocycles. The molecule has 2 aromatic carbocycles. The molecule has 168 valence electrons. The van der Waals surface area contributed by atoms with Gasteiger partial charge in [-0.3, -0.25) is 14.5 Å². The van der Waals surface area contributed by atoms with Crippen molar-refractivity contribution in [2.24, 2.45) is 0 Å². The Morgan fingerprint density at radius 1 is 0.812 bits per heavy atom. The molecule has 6 rings (SSSR count). The number of fused-ring (bicyclic) bond motifs is 4. The Hall–Kier alpha value is -2.86. The summed E-state index contributed by atoms with van der Waals surface area (Å²) in [5, 5.41) is 0. The van der Waals surface area contributed by atoms with Crippen LogP contribution in [0.25, 0.3) is 0 Å². The molecule has 32 heavy (non-hydrogen) atoms. The predicted octanol–water partition coefficient (Wildman–Crippen LogP) is 3.06. The molecule has 0 unspecified atom stereocenters. The topological polar surface area (TPSA) is 53.1 Å². The van der Waals surface area contributed by atoms with E-state index in [4.69, 9.17) is 4.74 Å². The molecule has 2 amide bonds. The van der Waals surface area contributed by atoms with Crippen LogP contribution in [-0.2, 0) is 22.7 Å². The van der Waals surface area contributed by atoms with Gasteiger partial charge in [-0.2, -0.15) is 0 Å². The first kappa shape index (κ1) is 21.0. The lowest BCUT2D eigenvalue weighted by Crippen LogP contribution is -2.66. The Labute approximate surface area is 189 Å². The highest BCUT2D eigenvalue weighted by Gasteiger charge is 2.53. The van der Waals surface area contributed by atoms with Gasteiger partial charge in [0, 0.05) is 19.1 Å². The number of benzene rings is 2. The van der Waals surface area contributed by atoms with E-state index in [0.717, 1.165) is 42.8 Å². The van der Waals surface area contributed by atoms with Crippen LogP contribution in [0.3, 0.4) is 0 Å². The summed E-state index contributed by atoms with van der Waals surface area (Å²) >= 11 is 0. The lowest BCUT2D eigenvalue weighted by atomic mass is 10.00. The maximum absolute atomic E-state index is 13.9. The predicted molar refractivity (Wildman–Crippen MR) is 122 cm³/mol. The van der Waals surface area contributed by atoms with Gasteiger partial charge < -0.3 is 14.5 Å². The van der Waals surface area contributed by atoms with Gasteiger partial charge in [0.2, 0.25) is 11.8 Å². The van der Waals surface area contributed by atoms with Crippen molar-refractivity contribution in [2.75, 3.05) is 20.2 Å². The first-order valence-electron chi connectivity index (χ1n) is 11.7. The number of carbonyl (C=O) groups is 2. The van der Waals surface area contributed by atoms with E-state index in [0.29, 0.717) is 13.1 Å². The molecule has 6 heteroatoms. The van der Waals surface area contributed by atoms with Crippen LogP contribution in [-0.4, -0.2) is 64.8 Å². The van der Waals surface area contributed by atoms with Gasteiger partial charge in [0.05, 0.1) is 7.11 Å². The smallest absolute Gasteiger partial charge is 0.248 e. The third kappa shape index (κ3) is 3.88. The van der Waals surface area contributed by atoms with Gasteiger partial charge in [-0.1, -0.05) is 42.5 Å². The summed E-state index contributed by atoms with van der Waals surface area (Å²) in [6.07, 6.45) is 3.95. The average molecular weight is 434 g/mol. The van der Waals surface area contributed by atoms with Gasteiger partial charge in [-0.15, -0.1) is 0 Å². The quantitative estimate of drug-likeness (QED) is 0.703. The van der Waals surface area contributed by atoms with Crippen molar-refractivity contribution in [3.8, 4) is 5.75 Å². The van der Waals surface area contributed by atoms with Gasteiger partial charge in [-0.05, 0) is 62.0 Å². The minimum atomic E-state index is -0.426. The van der Waals surface area contributed by atoms with Crippen LogP contribution in [0.1, 0.15) is 36.8 Å². The van der Waals surface area contributed by atoms with Gasteiger partial charge in [0.25, 0.3) is 0 Å². The van der Waals surface area contributed by atoms with Crippen LogP contribution in [0.2, 0.25) is 0 Å². The number of likely N-dealkylation sites (tertiary alicyclic amines) is 1. The normalized spacial score (nSPS) is 26.0. The average Bonchev–Trinajstić information content (AvgIpc) is 3.27. The van der Waals surface area contributed by atoms with Crippen molar-refractivity contribution in [3.05, 3.63) is 65.7 Å². The van der Waals surface area contributed by atoms with Crippen LogP contribution < -0.4 is 4.74 Å². The summed E-state index contributed by atoms with van der Waals surface area (Å²) in [5.41, 5.74) is 2.09. The number of rotatable bonds is 6. The highest BCUT2D eigenvalue weighted by Crippen LogP contribution is 2.35. The summed E-state index contributed by atoms with van der Waals surface area (Å²) in [5.74, 6) is 0.974. The molecule has 4 saturated heterocycles. The van der Waals surface area contributed by atoms with Gasteiger partial charge in [0.1, 0.15) is 17.8 Å². The van der Waals surface area contributed by atoms with E-state index in [1.54, 1.807) is 7.11 Å². The summed E-state index contributed by atoms with van der Waals surface area (Å²) in [6, 6.07) is 17.1. The maximum Gasteiger partial charge on any atom is 0.248 e. The molecule has 4 heterocycles. The Morgan fingerprint density at radius 3 is 2.16 bits per heavy atom. The highest BCUT2D eigenvalue weighted by atomic mass is 16.5. The number of hydrogen-bond acceptors (Lipinski definition) is 4. The minimum Gasteiger partial charge on any atom is -0.497 e. The molecular weight excluding hydrogens is 402 g/mol. The molecule has 2 bridgehead atoms. The molecule has 0 aliphatic carbocycles. The van der Waals surface area contributed by atoms with Crippen LogP contribution in [0, 0.1) is 0 Å². The molecule has 0 N–H and O–H groups in total. The molecule has 0 saturated carbocycles. The Bertz CT molecular complexity index is 956. The zero-order chi connectivity index (χ0) is 22.1. The Morgan fingerprint density at radius 2 is 1.47 bits per heavy atom. The number of carbonyl (C=O) groups excluding carboxylic acids is 2. The molecule has 6 nitrogen and oxygen atoms in total. The fourth-order valence-corrected chi connectivity index (χ4v) is 5.58. The summed E-state index contributed by atoms with van der Waals surface area (Å²) in [7, 11) is 1.65. The standard InChI is InChI=1S/C26H31N3O3/c1-32-21-11-9-20(10-12-21)18-29-24-22(27-15-5-6-16-27)13-14-23(25(29)30)28(26(24)31)17-19-7-3-2-4-8-19/h2-4,7-12,22-24H,5-6,13-18H2,1H3/t22-,23+,24+/m1/s1. The summed E-state index contributed by atoms with van der Waals surface area (Å²) in [4.78, 5) is 33.8. The molecule has 0 aromatic heterocycles. The number of nitrogens with zero attached hydrogens (tertiary/aromatic N) is 3. The summed E-state index contributed by atoms with van der Waals surface area (Å²) in [6.45, 7) is 2.99. The lowest BCUT2D eigenvalue weighted by Gasteiger charge is -2.45. The minimum absolute atomic E-state index is 0.0862. The third-order valence-corrected chi connectivity index (χ3v) is 7.23. The zero-order valence-corrected chi connectivity index (χ0v) is 18.7.